The first kappa shape index (κ1) is 22.1. The molecular formula is C19H22N4O5S. The fourth-order valence-electron chi connectivity index (χ4n) is 2.16. The molecule has 0 saturated carbocycles. The third-order valence-electron chi connectivity index (χ3n) is 3.82. The van der Waals surface area contributed by atoms with Crippen molar-refractivity contribution in [1.82, 2.24) is 15.0 Å². The molecule has 0 aliphatic carbocycles. The number of hydrazone groups is 1. The van der Waals surface area contributed by atoms with Crippen LogP contribution in [-0.2, 0) is 14.8 Å². The highest BCUT2D eigenvalue weighted by Gasteiger charge is 2.17. The summed E-state index contributed by atoms with van der Waals surface area (Å²) in [6.07, 6.45) is 1.46. The normalized spacial score (nSPS) is 11.4. The second-order valence-corrected chi connectivity index (χ2v) is 8.21. The van der Waals surface area contributed by atoms with Gasteiger partial charge in [-0.1, -0.05) is 0 Å². The second kappa shape index (κ2) is 9.80. The molecule has 0 aliphatic heterocycles. The summed E-state index contributed by atoms with van der Waals surface area (Å²) in [5, 5.41) is 6.26. The highest BCUT2D eigenvalue weighted by molar-refractivity contribution is 7.89. The quantitative estimate of drug-likeness (QED) is 0.486. The lowest BCUT2D eigenvalue weighted by Crippen LogP contribution is -2.34. The Bertz CT molecular complexity index is 984. The molecule has 0 fully saturated rings. The van der Waals surface area contributed by atoms with E-state index in [1.54, 1.807) is 31.4 Å². The number of sulfonamides is 1. The molecule has 2 amide bonds. The lowest BCUT2D eigenvalue weighted by molar-refractivity contribution is -0.120. The molecule has 29 heavy (non-hydrogen) atoms. The van der Waals surface area contributed by atoms with E-state index in [9.17, 15) is 18.0 Å². The van der Waals surface area contributed by atoms with Crippen LogP contribution in [0.15, 0.2) is 58.5 Å². The van der Waals surface area contributed by atoms with Crippen molar-refractivity contribution < 1.29 is 22.7 Å². The minimum Gasteiger partial charge on any atom is -0.497 e. The molecule has 2 aromatic rings. The average molecular weight is 418 g/mol. The van der Waals surface area contributed by atoms with E-state index in [-0.39, 0.29) is 17.0 Å². The maximum absolute atomic E-state index is 12.1. The topological polar surface area (TPSA) is 117 Å². The summed E-state index contributed by atoms with van der Waals surface area (Å²) in [5.41, 5.74) is 3.31. The van der Waals surface area contributed by atoms with Gasteiger partial charge in [0.25, 0.3) is 11.8 Å². The third kappa shape index (κ3) is 6.13. The molecule has 10 heteroatoms. The first-order chi connectivity index (χ1) is 13.7. The van der Waals surface area contributed by atoms with Crippen molar-refractivity contribution in [2.45, 2.75) is 4.90 Å². The highest BCUT2D eigenvalue weighted by atomic mass is 32.2. The number of hydrogen-bond donors (Lipinski definition) is 2. The van der Waals surface area contributed by atoms with Gasteiger partial charge in [0.1, 0.15) is 5.75 Å². The number of nitrogens with one attached hydrogen (secondary N) is 2. The van der Waals surface area contributed by atoms with Crippen LogP contribution in [0.2, 0.25) is 0 Å². The van der Waals surface area contributed by atoms with E-state index in [4.69, 9.17) is 4.74 Å². The van der Waals surface area contributed by atoms with Crippen LogP contribution in [0.25, 0.3) is 0 Å². The van der Waals surface area contributed by atoms with E-state index < -0.39 is 21.8 Å². The Morgan fingerprint density at radius 1 is 1.07 bits per heavy atom. The number of methoxy groups -OCH3 is 1. The standard InChI is InChI=1S/C19H22N4O5S/c1-23(2)29(26,27)17-10-6-15(7-11-17)19(25)20-13-18(24)22-21-12-14-4-8-16(28-3)9-5-14/h4-12H,13H2,1-3H3,(H,20,25)(H,22,24)/b21-12+. The Morgan fingerprint density at radius 3 is 2.24 bits per heavy atom. The van der Waals surface area contributed by atoms with Crippen LogP contribution < -0.4 is 15.5 Å². The number of carbonyl (C=O) groups is 2. The highest BCUT2D eigenvalue weighted by Crippen LogP contribution is 2.14. The Morgan fingerprint density at radius 2 is 1.69 bits per heavy atom. The Kier molecular flexibility index (Phi) is 7.46. The molecule has 0 spiro atoms. The third-order valence-corrected chi connectivity index (χ3v) is 5.65. The van der Waals surface area contributed by atoms with Crippen molar-refractivity contribution in [2.75, 3.05) is 27.7 Å². The minimum absolute atomic E-state index is 0.0738. The maximum Gasteiger partial charge on any atom is 0.259 e. The Labute approximate surface area is 169 Å². The number of nitrogens with zero attached hydrogens (tertiary/aromatic N) is 2. The van der Waals surface area contributed by atoms with Gasteiger partial charge in [0.2, 0.25) is 10.0 Å². The van der Waals surface area contributed by atoms with Crippen LogP contribution in [-0.4, -0.2) is 58.5 Å². The van der Waals surface area contributed by atoms with Crippen LogP contribution in [0.5, 0.6) is 5.75 Å². The monoisotopic (exact) mass is 418 g/mol. The van der Waals surface area contributed by atoms with Gasteiger partial charge in [0.05, 0.1) is 24.8 Å². The molecule has 154 valence electrons. The van der Waals surface area contributed by atoms with E-state index in [1.807, 2.05) is 0 Å². The predicted molar refractivity (Wildman–Crippen MR) is 108 cm³/mol. The van der Waals surface area contributed by atoms with Gasteiger partial charge in [-0.15, -0.1) is 0 Å². The number of ether oxygens (including phenoxy) is 1. The van der Waals surface area contributed by atoms with Gasteiger partial charge < -0.3 is 10.1 Å². The number of benzene rings is 2. The lowest BCUT2D eigenvalue weighted by atomic mass is 10.2. The second-order valence-electron chi connectivity index (χ2n) is 6.06. The van der Waals surface area contributed by atoms with E-state index in [2.05, 4.69) is 15.8 Å². The Balaban J connectivity index is 1.85. The smallest absolute Gasteiger partial charge is 0.259 e. The molecule has 0 atom stereocenters. The van der Waals surface area contributed by atoms with Gasteiger partial charge in [-0.3, -0.25) is 9.59 Å². The van der Waals surface area contributed by atoms with Crippen LogP contribution >= 0.6 is 0 Å². The molecule has 2 N–H and O–H groups in total. The predicted octanol–water partition coefficient (Wildman–Crippen LogP) is 0.826. The summed E-state index contributed by atoms with van der Waals surface area (Å²) < 4.78 is 30.2. The van der Waals surface area contributed by atoms with Gasteiger partial charge in [0, 0.05) is 19.7 Å². The summed E-state index contributed by atoms with van der Waals surface area (Å²) in [6.45, 7) is -0.281. The summed E-state index contributed by atoms with van der Waals surface area (Å²) >= 11 is 0. The van der Waals surface area contributed by atoms with Crippen LogP contribution in [0, 0.1) is 0 Å². The molecule has 0 bridgehead atoms. The fourth-order valence-corrected chi connectivity index (χ4v) is 3.06. The van der Waals surface area contributed by atoms with Crippen molar-refractivity contribution in [2.24, 2.45) is 5.10 Å². The molecule has 0 radical (unpaired) electrons. The summed E-state index contributed by atoms with van der Waals surface area (Å²) in [4.78, 5) is 24.0. The molecule has 2 rings (SSSR count). The Hall–Kier alpha value is -3.24. The lowest BCUT2D eigenvalue weighted by Gasteiger charge is -2.11. The maximum atomic E-state index is 12.1. The van der Waals surface area contributed by atoms with Crippen LogP contribution in [0.3, 0.4) is 0 Å². The number of carbonyl (C=O) groups excluding carboxylic acids is 2. The van der Waals surface area contributed by atoms with Crippen molar-refractivity contribution >= 4 is 28.1 Å². The summed E-state index contributed by atoms with van der Waals surface area (Å²) in [7, 11) is 0.844. The van der Waals surface area contributed by atoms with Crippen molar-refractivity contribution in [1.29, 1.82) is 0 Å². The largest absolute Gasteiger partial charge is 0.497 e. The minimum atomic E-state index is -3.57. The van der Waals surface area contributed by atoms with Crippen molar-refractivity contribution in [3.05, 3.63) is 59.7 Å². The zero-order valence-corrected chi connectivity index (χ0v) is 17.1. The molecule has 9 nitrogen and oxygen atoms in total. The molecule has 0 heterocycles. The van der Waals surface area contributed by atoms with Crippen LogP contribution in [0.1, 0.15) is 15.9 Å². The molecule has 0 unspecified atom stereocenters. The zero-order valence-electron chi connectivity index (χ0n) is 16.2. The first-order valence-electron chi connectivity index (χ1n) is 8.51. The molecule has 0 saturated heterocycles. The van der Waals surface area contributed by atoms with Gasteiger partial charge in [0.15, 0.2) is 0 Å². The van der Waals surface area contributed by atoms with Gasteiger partial charge in [-0.2, -0.15) is 5.10 Å². The molecular weight excluding hydrogens is 396 g/mol. The van der Waals surface area contributed by atoms with Crippen molar-refractivity contribution in [3.8, 4) is 5.75 Å². The average Bonchev–Trinajstić information content (AvgIpc) is 2.72. The SMILES string of the molecule is COc1ccc(/C=N/NC(=O)CNC(=O)c2ccc(S(=O)(=O)N(C)C)cc2)cc1. The summed E-state index contributed by atoms with van der Waals surface area (Å²) in [6, 6.07) is 12.5. The fraction of sp³-hybridized carbons (Fsp3) is 0.211. The van der Waals surface area contributed by atoms with E-state index in [0.717, 1.165) is 9.87 Å². The van der Waals surface area contributed by atoms with E-state index in [1.165, 1.54) is 44.6 Å². The van der Waals surface area contributed by atoms with Gasteiger partial charge in [-0.05, 0) is 54.1 Å². The first-order valence-corrected chi connectivity index (χ1v) is 9.95. The number of rotatable bonds is 8. The number of amides is 2. The summed E-state index contributed by atoms with van der Waals surface area (Å²) in [5.74, 6) is -0.302. The van der Waals surface area contributed by atoms with E-state index in [0.29, 0.717) is 5.75 Å². The molecule has 0 aromatic heterocycles. The van der Waals surface area contributed by atoms with Gasteiger partial charge in [-0.25, -0.2) is 18.1 Å². The van der Waals surface area contributed by atoms with E-state index >= 15 is 0 Å². The van der Waals surface area contributed by atoms with Crippen molar-refractivity contribution in [3.63, 3.8) is 0 Å². The molecule has 2 aromatic carbocycles. The van der Waals surface area contributed by atoms with Gasteiger partial charge >= 0.3 is 0 Å². The zero-order chi connectivity index (χ0) is 21.4. The van der Waals surface area contributed by atoms with Crippen LogP contribution in [0.4, 0.5) is 0 Å². The molecule has 0 aliphatic rings. The number of hydrogen-bond acceptors (Lipinski definition) is 6.